The number of fused-ring (bicyclic) bond motifs is 1. The molecule has 2 heterocycles. The van der Waals surface area contributed by atoms with E-state index in [-0.39, 0.29) is 11.8 Å². The summed E-state index contributed by atoms with van der Waals surface area (Å²) >= 11 is 0. The van der Waals surface area contributed by atoms with Crippen molar-refractivity contribution in [1.82, 2.24) is 19.7 Å². The number of rotatable bonds is 5. The summed E-state index contributed by atoms with van der Waals surface area (Å²) in [4.78, 5) is 8.40. The van der Waals surface area contributed by atoms with E-state index in [0.29, 0.717) is 11.5 Å². The van der Waals surface area contributed by atoms with Gasteiger partial charge >= 0.3 is 6.61 Å². The topological polar surface area (TPSA) is 64.9 Å². The van der Waals surface area contributed by atoms with E-state index in [1.165, 1.54) is 12.4 Å². The van der Waals surface area contributed by atoms with Crippen molar-refractivity contribution in [3.63, 3.8) is 0 Å². The molecule has 0 saturated carbocycles. The van der Waals surface area contributed by atoms with E-state index in [4.69, 9.17) is 0 Å². The van der Waals surface area contributed by atoms with E-state index in [2.05, 4.69) is 25.1 Å². The van der Waals surface area contributed by atoms with Gasteiger partial charge in [0.25, 0.3) is 0 Å². The molecule has 0 aliphatic rings. The number of anilines is 1. The zero-order chi connectivity index (χ0) is 16.4. The number of nitrogens with one attached hydrogen (secondary N) is 1. The van der Waals surface area contributed by atoms with Gasteiger partial charge in [-0.25, -0.2) is 9.97 Å². The van der Waals surface area contributed by atoms with Gasteiger partial charge in [0.2, 0.25) is 0 Å². The van der Waals surface area contributed by atoms with E-state index in [1.54, 1.807) is 30.1 Å². The molecule has 0 saturated heterocycles. The van der Waals surface area contributed by atoms with Crippen molar-refractivity contribution in [1.29, 1.82) is 0 Å². The van der Waals surface area contributed by atoms with Gasteiger partial charge in [-0.05, 0) is 24.6 Å². The molecule has 0 radical (unpaired) electrons. The smallest absolute Gasteiger partial charge is 0.387 e. The zero-order valence-corrected chi connectivity index (χ0v) is 12.6. The van der Waals surface area contributed by atoms with Crippen LogP contribution in [0.5, 0.6) is 5.75 Å². The SMILES string of the molecule is C[C@@H](Nc1ncnc2c1cnn2C)c1cccc(OC(F)F)c1. The first-order valence-electron chi connectivity index (χ1n) is 6.98. The summed E-state index contributed by atoms with van der Waals surface area (Å²) in [6.07, 6.45) is 3.14. The average molecular weight is 319 g/mol. The Balaban J connectivity index is 1.84. The number of hydrogen-bond donors (Lipinski definition) is 1. The predicted octanol–water partition coefficient (Wildman–Crippen LogP) is 3.14. The maximum absolute atomic E-state index is 12.3. The standard InChI is InChI=1S/C15H15F2N5O/c1-9(10-4-3-5-11(6-10)23-15(16)17)21-13-12-7-20-22(2)14(12)19-8-18-13/h3-9,15H,1-2H3,(H,18,19,21)/t9-/m1/s1. The van der Waals surface area contributed by atoms with Crippen LogP contribution in [0, 0.1) is 0 Å². The molecular formula is C15H15F2N5O. The first kappa shape index (κ1) is 15.1. The highest BCUT2D eigenvalue weighted by Gasteiger charge is 2.13. The zero-order valence-electron chi connectivity index (χ0n) is 12.6. The Morgan fingerprint density at radius 2 is 2.09 bits per heavy atom. The van der Waals surface area contributed by atoms with Crippen LogP contribution in [0.3, 0.4) is 0 Å². The number of aryl methyl sites for hydroxylation is 1. The molecule has 0 bridgehead atoms. The van der Waals surface area contributed by atoms with Crippen molar-refractivity contribution in [3.05, 3.63) is 42.4 Å². The van der Waals surface area contributed by atoms with E-state index in [9.17, 15) is 8.78 Å². The Morgan fingerprint density at radius 3 is 2.87 bits per heavy atom. The molecule has 0 aliphatic carbocycles. The quantitative estimate of drug-likeness (QED) is 0.782. The van der Waals surface area contributed by atoms with Crippen LogP contribution in [0.1, 0.15) is 18.5 Å². The highest BCUT2D eigenvalue weighted by atomic mass is 19.3. The predicted molar refractivity (Wildman–Crippen MR) is 81.4 cm³/mol. The van der Waals surface area contributed by atoms with E-state index in [0.717, 1.165) is 10.9 Å². The summed E-state index contributed by atoms with van der Waals surface area (Å²) in [5, 5.41) is 8.19. The number of hydrogen-bond acceptors (Lipinski definition) is 5. The molecule has 3 aromatic rings. The van der Waals surface area contributed by atoms with Gasteiger partial charge in [-0.1, -0.05) is 12.1 Å². The fraction of sp³-hybridized carbons (Fsp3) is 0.267. The lowest BCUT2D eigenvalue weighted by Gasteiger charge is -2.16. The molecule has 23 heavy (non-hydrogen) atoms. The average Bonchev–Trinajstić information content (AvgIpc) is 2.90. The molecule has 1 aromatic carbocycles. The van der Waals surface area contributed by atoms with Crippen LogP contribution in [-0.2, 0) is 7.05 Å². The third-order valence-corrected chi connectivity index (χ3v) is 3.47. The Labute approximate surface area is 131 Å². The number of nitrogens with zero attached hydrogens (tertiary/aromatic N) is 4. The normalized spacial score (nSPS) is 12.6. The molecule has 2 aromatic heterocycles. The fourth-order valence-corrected chi connectivity index (χ4v) is 2.33. The van der Waals surface area contributed by atoms with Gasteiger partial charge in [-0.15, -0.1) is 0 Å². The molecular weight excluding hydrogens is 304 g/mol. The van der Waals surface area contributed by atoms with Crippen LogP contribution in [-0.4, -0.2) is 26.4 Å². The van der Waals surface area contributed by atoms with Crippen LogP contribution in [0.2, 0.25) is 0 Å². The second-order valence-corrected chi connectivity index (χ2v) is 5.04. The highest BCUT2D eigenvalue weighted by molar-refractivity contribution is 5.86. The number of aromatic nitrogens is 4. The highest BCUT2D eigenvalue weighted by Crippen LogP contribution is 2.26. The van der Waals surface area contributed by atoms with Crippen molar-refractivity contribution in [2.24, 2.45) is 7.05 Å². The summed E-state index contributed by atoms with van der Waals surface area (Å²) in [5.74, 6) is 0.760. The molecule has 0 spiro atoms. The number of halogens is 2. The van der Waals surface area contributed by atoms with Crippen LogP contribution in [0.15, 0.2) is 36.8 Å². The summed E-state index contributed by atoms with van der Waals surface area (Å²) in [6.45, 7) is -0.934. The number of alkyl halides is 2. The lowest BCUT2D eigenvalue weighted by molar-refractivity contribution is -0.0498. The second-order valence-electron chi connectivity index (χ2n) is 5.04. The molecule has 1 atom stereocenters. The molecule has 0 amide bonds. The second kappa shape index (κ2) is 6.15. The number of benzene rings is 1. The third-order valence-electron chi connectivity index (χ3n) is 3.47. The van der Waals surface area contributed by atoms with Crippen molar-refractivity contribution < 1.29 is 13.5 Å². The maximum Gasteiger partial charge on any atom is 0.387 e. The molecule has 0 unspecified atom stereocenters. The van der Waals surface area contributed by atoms with Gasteiger partial charge in [0.1, 0.15) is 17.9 Å². The van der Waals surface area contributed by atoms with Crippen LogP contribution in [0.4, 0.5) is 14.6 Å². The lowest BCUT2D eigenvalue weighted by Crippen LogP contribution is -2.09. The van der Waals surface area contributed by atoms with Gasteiger partial charge in [0.15, 0.2) is 5.65 Å². The summed E-state index contributed by atoms with van der Waals surface area (Å²) in [5.41, 5.74) is 1.52. The molecule has 8 heteroatoms. The molecule has 0 fully saturated rings. The van der Waals surface area contributed by atoms with E-state index >= 15 is 0 Å². The Kier molecular flexibility index (Phi) is 4.05. The Bertz CT molecular complexity index is 820. The van der Waals surface area contributed by atoms with Gasteiger partial charge in [-0.3, -0.25) is 4.68 Å². The summed E-state index contributed by atoms with van der Waals surface area (Å²) in [7, 11) is 1.80. The number of ether oxygens (including phenoxy) is 1. The first-order chi connectivity index (χ1) is 11.0. The maximum atomic E-state index is 12.3. The monoisotopic (exact) mass is 319 g/mol. The van der Waals surface area contributed by atoms with Gasteiger partial charge in [0, 0.05) is 7.05 Å². The molecule has 120 valence electrons. The minimum atomic E-state index is -2.84. The summed E-state index contributed by atoms with van der Waals surface area (Å²) in [6, 6.07) is 6.41. The fourth-order valence-electron chi connectivity index (χ4n) is 2.33. The van der Waals surface area contributed by atoms with Gasteiger partial charge in [0.05, 0.1) is 17.6 Å². The minimum absolute atomic E-state index is 0.125. The molecule has 0 aliphatic heterocycles. The lowest BCUT2D eigenvalue weighted by atomic mass is 10.1. The van der Waals surface area contributed by atoms with E-state index in [1.807, 2.05) is 13.0 Å². The third kappa shape index (κ3) is 3.20. The summed E-state index contributed by atoms with van der Waals surface area (Å²) < 4.78 is 30.7. The van der Waals surface area contributed by atoms with Crippen LogP contribution >= 0.6 is 0 Å². The van der Waals surface area contributed by atoms with Gasteiger partial charge < -0.3 is 10.1 Å². The van der Waals surface area contributed by atoms with Crippen molar-refractivity contribution in [2.75, 3.05) is 5.32 Å². The van der Waals surface area contributed by atoms with Crippen LogP contribution in [0.25, 0.3) is 11.0 Å². The largest absolute Gasteiger partial charge is 0.435 e. The first-order valence-corrected chi connectivity index (χ1v) is 6.98. The Hall–Kier alpha value is -2.77. The van der Waals surface area contributed by atoms with Crippen molar-refractivity contribution in [2.45, 2.75) is 19.6 Å². The molecule has 3 rings (SSSR count). The minimum Gasteiger partial charge on any atom is -0.435 e. The van der Waals surface area contributed by atoms with Crippen LogP contribution < -0.4 is 10.1 Å². The Morgan fingerprint density at radius 1 is 1.26 bits per heavy atom. The van der Waals surface area contributed by atoms with Crippen molar-refractivity contribution >= 4 is 16.9 Å². The van der Waals surface area contributed by atoms with Gasteiger partial charge in [-0.2, -0.15) is 13.9 Å². The molecule has 1 N–H and O–H groups in total. The van der Waals surface area contributed by atoms with Crippen molar-refractivity contribution in [3.8, 4) is 5.75 Å². The molecule has 6 nitrogen and oxygen atoms in total. The van der Waals surface area contributed by atoms with E-state index < -0.39 is 6.61 Å².